The number of ether oxygens (including phenoxy) is 1. The lowest BCUT2D eigenvalue weighted by atomic mass is 10.2. The highest BCUT2D eigenvalue weighted by Crippen LogP contribution is 1.98. The van der Waals surface area contributed by atoms with Crippen molar-refractivity contribution in [2.24, 2.45) is 0 Å². The fourth-order valence-electron chi connectivity index (χ4n) is 0.878. The Balaban J connectivity index is 3.13. The van der Waals surface area contributed by atoms with E-state index >= 15 is 0 Å². The van der Waals surface area contributed by atoms with Crippen molar-refractivity contribution in [1.29, 1.82) is 0 Å². The Morgan fingerprint density at radius 1 is 1.29 bits per heavy atom. The summed E-state index contributed by atoms with van der Waals surface area (Å²) in [6.45, 7) is 0.502. The van der Waals surface area contributed by atoms with Gasteiger partial charge in [-0.1, -0.05) is 18.0 Å². The van der Waals surface area contributed by atoms with E-state index in [1.165, 1.54) is 0 Å². The molecule has 0 rings (SSSR count). The normalized spacial score (nSPS) is 9.50. The topological polar surface area (TPSA) is 79.2 Å². The molecule has 14 heavy (non-hydrogen) atoms. The van der Waals surface area contributed by atoms with Gasteiger partial charge in [-0.05, 0) is 12.8 Å². The zero-order chi connectivity index (χ0) is 10.8. The van der Waals surface area contributed by atoms with Crippen LogP contribution in [0.25, 0.3) is 0 Å². The molecule has 0 aliphatic rings. The number of halogens is 1. The largest absolute Gasteiger partial charge is 0.433 e. The number of alkyl halides is 1. The second-order valence-electron chi connectivity index (χ2n) is 2.70. The van der Waals surface area contributed by atoms with Crippen LogP contribution < -0.4 is 11.1 Å². The Labute approximate surface area is 87.9 Å². The third-order valence-electron chi connectivity index (χ3n) is 1.54. The fourth-order valence-corrected chi connectivity index (χ4v) is 0.977. The van der Waals surface area contributed by atoms with E-state index in [1.54, 1.807) is 0 Å². The molecule has 2 N–H and O–H groups in total. The minimum absolute atomic E-state index is 0.154. The van der Waals surface area contributed by atoms with Crippen molar-refractivity contribution in [3.05, 3.63) is 0 Å². The van der Waals surface area contributed by atoms with Crippen LogP contribution in [0.3, 0.4) is 0 Å². The van der Waals surface area contributed by atoms with Gasteiger partial charge in [0.1, 0.15) is 0 Å². The molecule has 6 heteroatoms. The van der Waals surface area contributed by atoms with E-state index in [-0.39, 0.29) is 12.5 Å². The summed E-state index contributed by atoms with van der Waals surface area (Å²) in [6, 6.07) is -0.154. The van der Waals surface area contributed by atoms with E-state index in [2.05, 4.69) is 10.1 Å². The van der Waals surface area contributed by atoms with Crippen molar-refractivity contribution in [3.63, 3.8) is 0 Å². The van der Waals surface area contributed by atoms with Crippen LogP contribution in [0.5, 0.6) is 0 Å². The first-order valence-corrected chi connectivity index (χ1v) is 4.91. The summed E-state index contributed by atoms with van der Waals surface area (Å²) in [5.74, 6) is -0.542. The van der Waals surface area contributed by atoms with Gasteiger partial charge in [-0.3, -0.25) is 10.5 Å². The standard InChI is InChI=1S/C8H14ClN2O3/c9-6-14-8(13)11-5-3-1-2-4-7(10)12/h10H,1-6H2,(H,11,13). The van der Waals surface area contributed by atoms with Crippen molar-refractivity contribution >= 4 is 23.6 Å². The fraction of sp³-hybridized carbons (Fsp3) is 0.750. The van der Waals surface area contributed by atoms with E-state index in [9.17, 15) is 9.59 Å². The second-order valence-corrected chi connectivity index (χ2v) is 2.92. The SMILES string of the molecule is [NH]C(=O)CCCCCNC(=O)OCCl. The van der Waals surface area contributed by atoms with Gasteiger partial charge in [-0.15, -0.1) is 0 Å². The van der Waals surface area contributed by atoms with Crippen LogP contribution in [0, 0.1) is 0 Å². The van der Waals surface area contributed by atoms with Gasteiger partial charge in [0.25, 0.3) is 0 Å². The molecular formula is C8H14ClN2O3. The van der Waals surface area contributed by atoms with Gasteiger partial charge in [0.15, 0.2) is 6.07 Å². The molecule has 81 valence electrons. The minimum atomic E-state index is -0.542. The van der Waals surface area contributed by atoms with Crippen molar-refractivity contribution in [3.8, 4) is 0 Å². The molecule has 5 nitrogen and oxygen atoms in total. The maximum atomic E-state index is 10.7. The predicted octanol–water partition coefficient (Wildman–Crippen LogP) is 1.28. The van der Waals surface area contributed by atoms with Crippen molar-refractivity contribution < 1.29 is 14.3 Å². The smallest absolute Gasteiger partial charge is 0.408 e. The van der Waals surface area contributed by atoms with Crippen LogP contribution in [-0.4, -0.2) is 24.6 Å². The Hall–Kier alpha value is -0.970. The first kappa shape index (κ1) is 13.0. The van der Waals surface area contributed by atoms with E-state index in [0.29, 0.717) is 13.0 Å². The zero-order valence-electron chi connectivity index (χ0n) is 7.85. The van der Waals surface area contributed by atoms with Gasteiger partial charge in [0.2, 0.25) is 5.91 Å². The van der Waals surface area contributed by atoms with Gasteiger partial charge < -0.3 is 10.1 Å². The summed E-state index contributed by atoms with van der Waals surface area (Å²) in [5, 5.41) is 2.49. The molecule has 0 fully saturated rings. The lowest BCUT2D eigenvalue weighted by molar-refractivity contribution is -0.118. The summed E-state index contributed by atoms with van der Waals surface area (Å²) in [5.41, 5.74) is 6.64. The number of unbranched alkanes of at least 4 members (excludes halogenated alkanes) is 2. The van der Waals surface area contributed by atoms with Gasteiger partial charge in [0, 0.05) is 13.0 Å². The van der Waals surface area contributed by atoms with Crippen molar-refractivity contribution in [2.45, 2.75) is 25.7 Å². The average molecular weight is 222 g/mol. The summed E-state index contributed by atoms with van der Waals surface area (Å²) >= 11 is 5.15. The summed E-state index contributed by atoms with van der Waals surface area (Å²) in [4.78, 5) is 20.9. The van der Waals surface area contributed by atoms with E-state index in [1.807, 2.05) is 0 Å². The number of alkyl carbamates (subject to hydrolysis) is 1. The Kier molecular flexibility index (Phi) is 8.02. The number of hydrogen-bond donors (Lipinski definition) is 1. The molecule has 0 spiro atoms. The highest BCUT2D eigenvalue weighted by molar-refractivity contribution is 6.17. The first-order chi connectivity index (χ1) is 6.66. The second kappa shape index (κ2) is 8.62. The maximum absolute atomic E-state index is 10.7. The zero-order valence-corrected chi connectivity index (χ0v) is 8.60. The van der Waals surface area contributed by atoms with Crippen LogP contribution in [-0.2, 0) is 9.53 Å². The molecule has 0 aromatic heterocycles. The van der Waals surface area contributed by atoms with Crippen LogP contribution >= 0.6 is 11.6 Å². The van der Waals surface area contributed by atoms with E-state index < -0.39 is 12.0 Å². The van der Waals surface area contributed by atoms with Crippen LogP contribution in [0.1, 0.15) is 25.7 Å². The first-order valence-electron chi connectivity index (χ1n) is 4.38. The van der Waals surface area contributed by atoms with Crippen LogP contribution in [0.2, 0.25) is 0 Å². The molecule has 1 radical (unpaired) electrons. The van der Waals surface area contributed by atoms with Gasteiger partial charge in [0.05, 0.1) is 0 Å². The summed E-state index contributed by atoms with van der Waals surface area (Å²) in [6.07, 6.45) is 2.02. The molecule has 2 amide bonds. The highest BCUT2D eigenvalue weighted by atomic mass is 35.5. The minimum Gasteiger partial charge on any atom is -0.433 e. The van der Waals surface area contributed by atoms with Gasteiger partial charge >= 0.3 is 6.09 Å². The molecule has 0 atom stereocenters. The van der Waals surface area contributed by atoms with E-state index in [4.69, 9.17) is 17.3 Å². The van der Waals surface area contributed by atoms with Crippen molar-refractivity contribution in [2.75, 3.05) is 12.6 Å². The monoisotopic (exact) mass is 221 g/mol. The molecular weight excluding hydrogens is 208 g/mol. The molecule has 0 bridgehead atoms. The number of carbonyl (C=O) groups excluding carboxylic acids is 2. The summed E-state index contributed by atoms with van der Waals surface area (Å²) in [7, 11) is 0. The lowest BCUT2D eigenvalue weighted by Gasteiger charge is -2.03. The molecule has 0 unspecified atom stereocenters. The highest BCUT2D eigenvalue weighted by Gasteiger charge is 1.99. The Morgan fingerprint density at radius 3 is 2.57 bits per heavy atom. The number of rotatable bonds is 7. The molecule has 0 aromatic carbocycles. The third-order valence-corrected chi connectivity index (χ3v) is 1.64. The third kappa shape index (κ3) is 9.12. The molecule has 0 aromatic rings. The molecule has 0 aliphatic heterocycles. The number of amides is 2. The van der Waals surface area contributed by atoms with Gasteiger partial charge in [-0.25, -0.2) is 4.79 Å². The van der Waals surface area contributed by atoms with Crippen LogP contribution in [0.15, 0.2) is 0 Å². The molecule has 0 saturated heterocycles. The molecule has 0 saturated carbocycles. The van der Waals surface area contributed by atoms with Crippen molar-refractivity contribution in [1.82, 2.24) is 11.1 Å². The Morgan fingerprint density at radius 2 is 2.00 bits per heavy atom. The summed E-state index contributed by atoms with van der Waals surface area (Å²) < 4.78 is 4.42. The van der Waals surface area contributed by atoms with Crippen LogP contribution in [0.4, 0.5) is 4.79 Å². The molecule has 0 aliphatic carbocycles. The maximum Gasteiger partial charge on any atom is 0.408 e. The Bertz CT molecular complexity index is 187. The van der Waals surface area contributed by atoms with Gasteiger partial charge in [-0.2, -0.15) is 0 Å². The average Bonchev–Trinajstić information content (AvgIpc) is 2.11. The quantitative estimate of drug-likeness (QED) is 0.520. The lowest BCUT2D eigenvalue weighted by Crippen LogP contribution is -2.24. The number of carbonyl (C=O) groups is 2. The number of nitrogens with one attached hydrogen (secondary N) is 2. The predicted molar refractivity (Wildman–Crippen MR) is 51.8 cm³/mol. The van der Waals surface area contributed by atoms with E-state index in [0.717, 1.165) is 12.8 Å². The molecule has 0 heterocycles. The number of hydrogen-bond acceptors (Lipinski definition) is 3.